The van der Waals surface area contributed by atoms with Crippen LogP contribution in [0.2, 0.25) is 0 Å². The first-order chi connectivity index (χ1) is 9.63. The number of benzene rings is 1. The molecule has 2 N–H and O–H groups in total. The van der Waals surface area contributed by atoms with Crippen LogP contribution < -0.4 is 10.6 Å². The summed E-state index contributed by atoms with van der Waals surface area (Å²) in [5, 5.41) is 9.16. The summed E-state index contributed by atoms with van der Waals surface area (Å²) in [5.41, 5.74) is 1.66. The van der Waals surface area contributed by atoms with Gasteiger partial charge in [0.25, 0.3) is 0 Å². The molecule has 0 fully saturated rings. The maximum Gasteiger partial charge on any atom is 0.315 e. The second-order valence-corrected chi connectivity index (χ2v) is 4.42. The van der Waals surface area contributed by atoms with Crippen molar-refractivity contribution in [1.82, 2.24) is 15.8 Å². The fourth-order valence-electron chi connectivity index (χ4n) is 1.68. The minimum absolute atomic E-state index is 0.273. The van der Waals surface area contributed by atoms with Gasteiger partial charge in [0.15, 0.2) is 0 Å². The number of hydrogen-bond acceptors (Lipinski definition) is 3. The molecule has 0 bridgehead atoms. The summed E-state index contributed by atoms with van der Waals surface area (Å²) >= 11 is 0. The Hall–Kier alpha value is -2.37. The SMILES string of the molecule is Cc1cc(CCNC(=O)NCc2ccc(F)cc2)on1. The molecule has 0 spiro atoms. The second kappa shape index (κ2) is 6.70. The molecular weight excluding hydrogens is 261 g/mol. The van der Waals surface area contributed by atoms with Crippen molar-refractivity contribution in [3.63, 3.8) is 0 Å². The van der Waals surface area contributed by atoms with Crippen LogP contribution in [0.4, 0.5) is 9.18 Å². The molecule has 1 aromatic carbocycles. The Kier molecular flexibility index (Phi) is 4.70. The van der Waals surface area contributed by atoms with E-state index in [1.54, 1.807) is 12.1 Å². The zero-order valence-electron chi connectivity index (χ0n) is 11.1. The summed E-state index contributed by atoms with van der Waals surface area (Å²) in [6, 6.07) is 7.55. The number of carbonyl (C=O) groups is 1. The van der Waals surface area contributed by atoms with Crippen molar-refractivity contribution < 1.29 is 13.7 Å². The molecule has 6 heteroatoms. The average Bonchev–Trinajstić information content (AvgIpc) is 2.84. The number of rotatable bonds is 5. The molecule has 0 aliphatic heterocycles. The van der Waals surface area contributed by atoms with Crippen molar-refractivity contribution in [3.8, 4) is 0 Å². The zero-order chi connectivity index (χ0) is 14.4. The van der Waals surface area contributed by atoms with Gasteiger partial charge in [-0.3, -0.25) is 0 Å². The number of aromatic nitrogens is 1. The minimum Gasteiger partial charge on any atom is -0.361 e. The molecule has 2 aromatic rings. The predicted octanol–water partition coefficient (Wildman–Crippen LogP) is 2.16. The van der Waals surface area contributed by atoms with Gasteiger partial charge in [0, 0.05) is 25.6 Å². The first-order valence-corrected chi connectivity index (χ1v) is 6.32. The average molecular weight is 277 g/mol. The van der Waals surface area contributed by atoms with E-state index in [9.17, 15) is 9.18 Å². The molecule has 0 unspecified atom stereocenters. The van der Waals surface area contributed by atoms with E-state index in [4.69, 9.17) is 4.52 Å². The highest BCUT2D eigenvalue weighted by Crippen LogP contribution is 2.03. The van der Waals surface area contributed by atoms with Crippen molar-refractivity contribution in [2.24, 2.45) is 0 Å². The van der Waals surface area contributed by atoms with E-state index in [-0.39, 0.29) is 11.8 Å². The van der Waals surface area contributed by atoms with E-state index in [2.05, 4.69) is 15.8 Å². The van der Waals surface area contributed by atoms with Crippen LogP contribution in [-0.2, 0) is 13.0 Å². The van der Waals surface area contributed by atoms with Crippen LogP contribution >= 0.6 is 0 Å². The van der Waals surface area contributed by atoms with Gasteiger partial charge in [-0.25, -0.2) is 9.18 Å². The first-order valence-electron chi connectivity index (χ1n) is 6.32. The van der Waals surface area contributed by atoms with Gasteiger partial charge in [0.2, 0.25) is 0 Å². The molecule has 0 atom stereocenters. The van der Waals surface area contributed by atoms with Crippen LogP contribution in [0, 0.1) is 12.7 Å². The molecule has 0 aliphatic carbocycles. The Morgan fingerprint density at radius 1 is 1.30 bits per heavy atom. The monoisotopic (exact) mass is 277 g/mol. The van der Waals surface area contributed by atoms with E-state index in [1.165, 1.54) is 12.1 Å². The van der Waals surface area contributed by atoms with Crippen LogP contribution in [0.25, 0.3) is 0 Å². The highest BCUT2D eigenvalue weighted by molar-refractivity contribution is 5.73. The fraction of sp³-hybridized carbons (Fsp3) is 0.286. The lowest BCUT2D eigenvalue weighted by atomic mass is 10.2. The molecule has 0 radical (unpaired) electrons. The number of nitrogens with zero attached hydrogens (tertiary/aromatic N) is 1. The third kappa shape index (κ3) is 4.38. The fourth-order valence-corrected chi connectivity index (χ4v) is 1.68. The van der Waals surface area contributed by atoms with E-state index in [0.717, 1.165) is 17.0 Å². The summed E-state index contributed by atoms with van der Waals surface area (Å²) in [7, 11) is 0. The van der Waals surface area contributed by atoms with Crippen molar-refractivity contribution in [2.45, 2.75) is 19.9 Å². The van der Waals surface area contributed by atoms with Gasteiger partial charge in [0.1, 0.15) is 11.6 Å². The summed E-state index contributed by atoms with van der Waals surface area (Å²) in [6.45, 7) is 2.66. The van der Waals surface area contributed by atoms with E-state index < -0.39 is 0 Å². The van der Waals surface area contributed by atoms with Crippen molar-refractivity contribution in [3.05, 3.63) is 53.2 Å². The quantitative estimate of drug-likeness (QED) is 0.880. The second-order valence-electron chi connectivity index (χ2n) is 4.42. The summed E-state index contributed by atoms with van der Waals surface area (Å²) in [6.07, 6.45) is 0.588. The van der Waals surface area contributed by atoms with Gasteiger partial charge < -0.3 is 15.2 Å². The van der Waals surface area contributed by atoms with E-state index in [0.29, 0.717) is 19.5 Å². The molecule has 2 amide bonds. The Morgan fingerprint density at radius 3 is 2.70 bits per heavy atom. The largest absolute Gasteiger partial charge is 0.361 e. The van der Waals surface area contributed by atoms with Crippen molar-refractivity contribution in [2.75, 3.05) is 6.54 Å². The highest BCUT2D eigenvalue weighted by atomic mass is 19.1. The van der Waals surface area contributed by atoms with Crippen LogP contribution in [0.5, 0.6) is 0 Å². The van der Waals surface area contributed by atoms with Crippen molar-refractivity contribution >= 4 is 6.03 Å². The molecule has 0 saturated heterocycles. The normalized spacial score (nSPS) is 10.3. The number of urea groups is 1. The molecule has 1 heterocycles. The zero-order valence-corrected chi connectivity index (χ0v) is 11.1. The highest BCUT2D eigenvalue weighted by Gasteiger charge is 2.03. The Morgan fingerprint density at radius 2 is 2.05 bits per heavy atom. The van der Waals surface area contributed by atoms with E-state index >= 15 is 0 Å². The van der Waals surface area contributed by atoms with Gasteiger partial charge in [-0.05, 0) is 24.6 Å². The number of carbonyl (C=O) groups excluding carboxylic acids is 1. The molecule has 106 valence electrons. The minimum atomic E-state index is -0.291. The lowest BCUT2D eigenvalue weighted by Crippen LogP contribution is -2.36. The number of hydrogen-bond donors (Lipinski definition) is 2. The van der Waals surface area contributed by atoms with Gasteiger partial charge in [-0.15, -0.1) is 0 Å². The molecule has 20 heavy (non-hydrogen) atoms. The number of nitrogens with one attached hydrogen (secondary N) is 2. The van der Waals surface area contributed by atoms with E-state index in [1.807, 2.05) is 13.0 Å². The van der Waals surface area contributed by atoms with Crippen LogP contribution in [0.15, 0.2) is 34.9 Å². The topological polar surface area (TPSA) is 67.2 Å². The Bertz CT molecular complexity index is 566. The van der Waals surface area contributed by atoms with Crippen LogP contribution in [0.3, 0.4) is 0 Å². The molecule has 2 rings (SSSR count). The molecule has 0 aliphatic rings. The third-order valence-electron chi connectivity index (χ3n) is 2.70. The Balaban J connectivity index is 1.66. The lowest BCUT2D eigenvalue weighted by Gasteiger charge is -2.06. The number of amides is 2. The smallest absolute Gasteiger partial charge is 0.315 e. The van der Waals surface area contributed by atoms with Gasteiger partial charge in [-0.1, -0.05) is 17.3 Å². The van der Waals surface area contributed by atoms with Gasteiger partial charge in [-0.2, -0.15) is 0 Å². The molecule has 5 nitrogen and oxygen atoms in total. The number of halogens is 1. The van der Waals surface area contributed by atoms with Crippen molar-refractivity contribution in [1.29, 1.82) is 0 Å². The number of aryl methyl sites for hydroxylation is 1. The van der Waals surface area contributed by atoms with Gasteiger partial charge >= 0.3 is 6.03 Å². The maximum atomic E-state index is 12.7. The maximum absolute atomic E-state index is 12.7. The van der Waals surface area contributed by atoms with Crippen LogP contribution in [-0.4, -0.2) is 17.7 Å². The summed E-state index contributed by atoms with van der Waals surface area (Å²) < 4.78 is 17.7. The molecule has 0 saturated carbocycles. The lowest BCUT2D eigenvalue weighted by molar-refractivity contribution is 0.240. The standard InChI is InChI=1S/C14H16FN3O2/c1-10-8-13(20-18-10)6-7-16-14(19)17-9-11-2-4-12(15)5-3-11/h2-5,8H,6-7,9H2,1H3,(H2,16,17,19). The molecule has 1 aromatic heterocycles. The van der Waals surface area contributed by atoms with Gasteiger partial charge in [0.05, 0.1) is 5.69 Å². The predicted molar refractivity (Wildman–Crippen MR) is 71.6 cm³/mol. The third-order valence-corrected chi connectivity index (χ3v) is 2.70. The summed E-state index contributed by atoms with van der Waals surface area (Å²) in [5.74, 6) is 0.446. The van der Waals surface area contributed by atoms with Crippen LogP contribution in [0.1, 0.15) is 17.0 Å². The first kappa shape index (κ1) is 14.0. The molecular formula is C14H16FN3O2. The Labute approximate surface area is 116 Å². The summed E-state index contributed by atoms with van der Waals surface area (Å²) in [4.78, 5) is 11.5.